The van der Waals surface area contributed by atoms with E-state index in [2.05, 4.69) is 22.2 Å². The summed E-state index contributed by atoms with van der Waals surface area (Å²) >= 11 is 0. The Balaban J connectivity index is 1.35. The van der Waals surface area contributed by atoms with E-state index in [4.69, 9.17) is 9.47 Å². The molecule has 0 saturated carbocycles. The highest BCUT2D eigenvalue weighted by Crippen LogP contribution is 2.19. The van der Waals surface area contributed by atoms with Crippen molar-refractivity contribution >= 4 is 0 Å². The Morgan fingerprint density at radius 2 is 1.58 bits per heavy atom. The fraction of sp³-hybridized carbons (Fsp3) is 0.263. The molecule has 0 saturated heterocycles. The Bertz CT molecular complexity index is 697. The molecule has 0 unspecified atom stereocenters. The Morgan fingerprint density at radius 1 is 0.833 bits per heavy atom. The fourth-order valence-corrected chi connectivity index (χ4v) is 2.29. The molecule has 0 fully saturated rings. The number of hydrogen-bond donors (Lipinski definition) is 0. The second kappa shape index (κ2) is 8.72. The molecule has 24 heavy (non-hydrogen) atoms. The molecule has 0 radical (unpaired) electrons. The van der Waals surface area contributed by atoms with Crippen molar-refractivity contribution in [2.45, 2.75) is 26.0 Å². The number of benzene rings is 2. The first-order valence-electron chi connectivity index (χ1n) is 8.12. The molecule has 0 bridgehead atoms. The molecule has 0 amide bonds. The lowest BCUT2D eigenvalue weighted by Gasteiger charge is -2.09. The van der Waals surface area contributed by atoms with Crippen LogP contribution >= 0.6 is 0 Å². The number of hydrogen-bond acceptors (Lipinski definition) is 4. The van der Waals surface area contributed by atoms with Crippen molar-refractivity contribution in [3.8, 4) is 11.5 Å². The van der Waals surface area contributed by atoms with Crippen LogP contribution in [0.25, 0.3) is 0 Å². The van der Waals surface area contributed by atoms with Gasteiger partial charge in [0.25, 0.3) is 0 Å². The van der Waals surface area contributed by atoms with Crippen molar-refractivity contribution in [1.82, 2.24) is 14.8 Å². The van der Waals surface area contributed by atoms with E-state index in [0.29, 0.717) is 13.2 Å². The summed E-state index contributed by atoms with van der Waals surface area (Å²) in [7, 11) is 0. The first kappa shape index (κ1) is 16.1. The van der Waals surface area contributed by atoms with Crippen LogP contribution in [0.15, 0.2) is 67.3 Å². The van der Waals surface area contributed by atoms with Gasteiger partial charge in [0.05, 0.1) is 6.61 Å². The Kier molecular flexibility index (Phi) is 5.83. The third kappa shape index (κ3) is 5.12. The smallest absolute Gasteiger partial charge is 0.137 e. The zero-order valence-electron chi connectivity index (χ0n) is 13.5. The molecular weight excluding hydrogens is 302 g/mol. The Hall–Kier alpha value is -2.82. The molecule has 0 atom stereocenters. The SMILES string of the molecule is c1ccc(COc2ccc(OCCCCn3cncn3)cc2)cc1. The van der Waals surface area contributed by atoms with Gasteiger partial charge in [0.1, 0.15) is 30.8 Å². The van der Waals surface area contributed by atoms with Crippen molar-refractivity contribution in [3.63, 3.8) is 0 Å². The fourth-order valence-electron chi connectivity index (χ4n) is 2.29. The van der Waals surface area contributed by atoms with E-state index in [1.54, 1.807) is 12.7 Å². The van der Waals surface area contributed by atoms with Crippen molar-refractivity contribution in [3.05, 3.63) is 72.8 Å². The summed E-state index contributed by atoms with van der Waals surface area (Å²) < 4.78 is 13.3. The minimum Gasteiger partial charge on any atom is -0.494 e. The number of aryl methyl sites for hydroxylation is 1. The lowest BCUT2D eigenvalue weighted by Crippen LogP contribution is -2.02. The van der Waals surface area contributed by atoms with Gasteiger partial charge in [-0.3, -0.25) is 4.68 Å². The van der Waals surface area contributed by atoms with Crippen LogP contribution in [-0.4, -0.2) is 21.4 Å². The van der Waals surface area contributed by atoms with Gasteiger partial charge in [0, 0.05) is 6.54 Å². The molecule has 0 N–H and O–H groups in total. The minimum absolute atomic E-state index is 0.573. The Morgan fingerprint density at radius 3 is 2.29 bits per heavy atom. The zero-order chi connectivity index (χ0) is 16.5. The maximum atomic E-state index is 5.76. The van der Waals surface area contributed by atoms with Crippen molar-refractivity contribution in [2.24, 2.45) is 0 Å². The summed E-state index contributed by atoms with van der Waals surface area (Å²) in [5.41, 5.74) is 1.16. The molecular formula is C19H21N3O2. The van der Waals surface area contributed by atoms with Gasteiger partial charge in [-0.15, -0.1) is 0 Å². The topological polar surface area (TPSA) is 49.2 Å². The van der Waals surface area contributed by atoms with E-state index in [9.17, 15) is 0 Å². The largest absolute Gasteiger partial charge is 0.494 e. The molecule has 1 heterocycles. The summed E-state index contributed by atoms with van der Waals surface area (Å²) in [6.45, 7) is 2.14. The molecule has 3 aromatic rings. The molecule has 124 valence electrons. The van der Waals surface area contributed by atoms with Crippen molar-refractivity contribution in [1.29, 1.82) is 0 Å². The van der Waals surface area contributed by atoms with E-state index in [-0.39, 0.29) is 0 Å². The van der Waals surface area contributed by atoms with Gasteiger partial charge in [-0.2, -0.15) is 5.10 Å². The predicted octanol–water partition coefficient (Wildman–Crippen LogP) is 3.72. The van der Waals surface area contributed by atoms with E-state index >= 15 is 0 Å². The van der Waals surface area contributed by atoms with Gasteiger partial charge in [-0.05, 0) is 42.7 Å². The van der Waals surface area contributed by atoms with Crippen LogP contribution in [-0.2, 0) is 13.2 Å². The van der Waals surface area contributed by atoms with Gasteiger partial charge >= 0.3 is 0 Å². The van der Waals surface area contributed by atoms with E-state index in [1.165, 1.54) is 0 Å². The molecule has 5 nitrogen and oxygen atoms in total. The number of ether oxygens (including phenoxy) is 2. The predicted molar refractivity (Wildman–Crippen MR) is 92.0 cm³/mol. The first-order valence-corrected chi connectivity index (χ1v) is 8.12. The normalized spacial score (nSPS) is 10.5. The van der Waals surface area contributed by atoms with E-state index in [1.807, 2.05) is 47.1 Å². The first-order chi connectivity index (χ1) is 11.9. The highest BCUT2D eigenvalue weighted by Gasteiger charge is 1.98. The average Bonchev–Trinajstić information content (AvgIpc) is 3.15. The molecule has 5 heteroatoms. The summed E-state index contributed by atoms with van der Waals surface area (Å²) in [5, 5.41) is 4.07. The number of unbranched alkanes of at least 4 members (excludes halogenated alkanes) is 1. The van der Waals surface area contributed by atoms with Gasteiger partial charge < -0.3 is 9.47 Å². The second-order valence-electron chi connectivity index (χ2n) is 5.46. The van der Waals surface area contributed by atoms with Crippen LogP contribution in [0.3, 0.4) is 0 Å². The maximum Gasteiger partial charge on any atom is 0.137 e. The summed E-state index contributed by atoms with van der Waals surface area (Å²) in [5.74, 6) is 1.71. The zero-order valence-corrected chi connectivity index (χ0v) is 13.5. The molecule has 2 aromatic carbocycles. The lowest BCUT2D eigenvalue weighted by atomic mass is 10.2. The molecule has 3 rings (SSSR count). The van der Waals surface area contributed by atoms with Crippen molar-refractivity contribution in [2.75, 3.05) is 6.61 Å². The van der Waals surface area contributed by atoms with Gasteiger partial charge in [0.2, 0.25) is 0 Å². The van der Waals surface area contributed by atoms with Crippen LogP contribution in [0.5, 0.6) is 11.5 Å². The summed E-state index contributed by atoms with van der Waals surface area (Å²) in [6.07, 6.45) is 5.28. The molecule has 0 aliphatic carbocycles. The van der Waals surface area contributed by atoms with Crippen LogP contribution < -0.4 is 9.47 Å². The third-order valence-electron chi connectivity index (χ3n) is 3.59. The van der Waals surface area contributed by atoms with Crippen LogP contribution in [0.2, 0.25) is 0 Å². The quantitative estimate of drug-likeness (QED) is 0.563. The van der Waals surface area contributed by atoms with E-state index in [0.717, 1.165) is 36.4 Å². The van der Waals surface area contributed by atoms with E-state index < -0.39 is 0 Å². The standard InChI is InChI=1S/C19H21N3O2/c1-2-6-17(7-3-1)14-24-19-10-8-18(9-11-19)23-13-5-4-12-22-16-20-15-21-22/h1-3,6-11,15-16H,4-5,12-14H2. The lowest BCUT2D eigenvalue weighted by molar-refractivity contribution is 0.295. The van der Waals surface area contributed by atoms with Crippen LogP contribution in [0.4, 0.5) is 0 Å². The van der Waals surface area contributed by atoms with Gasteiger partial charge in [-0.25, -0.2) is 4.98 Å². The number of nitrogens with zero attached hydrogens (tertiary/aromatic N) is 3. The number of aromatic nitrogens is 3. The van der Waals surface area contributed by atoms with Crippen LogP contribution in [0, 0.1) is 0 Å². The summed E-state index contributed by atoms with van der Waals surface area (Å²) in [6, 6.07) is 17.9. The van der Waals surface area contributed by atoms with Gasteiger partial charge in [-0.1, -0.05) is 30.3 Å². The summed E-state index contributed by atoms with van der Waals surface area (Å²) in [4.78, 5) is 3.92. The highest BCUT2D eigenvalue weighted by atomic mass is 16.5. The van der Waals surface area contributed by atoms with Gasteiger partial charge in [0.15, 0.2) is 0 Å². The third-order valence-corrected chi connectivity index (χ3v) is 3.59. The molecule has 0 aliphatic rings. The monoisotopic (exact) mass is 323 g/mol. The highest BCUT2D eigenvalue weighted by molar-refractivity contribution is 5.31. The molecule has 0 spiro atoms. The second-order valence-corrected chi connectivity index (χ2v) is 5.46. The number of rotatable bonds is 9. The average molecular weight is 323 g/mol. The van der Waals surface area contributed by atoms with Crippen molar-refractivity contribution < 1.29 is 9.47 Å². The maximum absolute atomic E-state index is 5.76. The van der Waals surface area contributed by atoms with Crippen LogP contribution in [0.1, 0.15) is 18.4 Å². The Labute approximate surface area is 141 Å². The minimum atomic E-state index is 0.573. The molecule has 0 aliphatic heterocycles. The molecule has 1 aromatic heterocycles.